The number of para-hydroxylation sites is 1. The number of hydrogen-bond acceptors (Lipinski definition) is 5. The lowest BCUT2D eigenvalue weighted by Crippen LogP contribution is -2.40. The molecule has 0 bridgehead atoms. The standard InChI is InChI=1S/C22H21F2N5O2S/c1-13-6-7-15(12-17(13)24)25-22(31)29-10-8-14(9-11-29)20-27-28-21(32-20)19(30)26-18-5-3-2-4-16(18)23/h2-7,12,14H,8-11H2,1H3,(H,25,31)(H,26,30). The van der Waals surface area contributed by atoms with E-state index in [-0.39, 0.29) is 28.5 Å². The Bertz CT molecular complexity index is 1140. The monoisotopic (exact) mass is 457 g/mol. The fourth-order valence-electron chi connectivity index (χ4n) is 3.43. The third kappa shape index (κ3) is 4.91. The first-order valence-electron chi connectivity index (χ1n) is 10.1. The summed E-state index contributed by atoms with van der Waals surface area (Å²) in [6, 6.07) is 10.2. The Labute approximate surface area is 187 Å². The summed E-state index contributed by atoms with van der Waals surface area (Å²) in [5, 5.41) is 14.2. The molecule has 0 aliphatic carbocycles. The summed E-state index contributed by atoms with van der Waals surface area (Å²) >= 11 is 1.17. The molecule has 0 radical (unpaired) electrons. The summed E-state index contributed by atoms with van der Waals surface area (Å²) in [6.45, 7) is 2.66. The quantitative estimate of drug-likeness (QED) is 0.590. The molecule has 0 atom stereocenters. The molecule has 3 amide bonds. The number of benzene rings is 2. The van der Waals surface area contributed by atoms with E-state index in [9.17, 15) is 18.4 Å². The van der Waals surface area contributed by atoms with Gasteiger partial charge in [-0.25, -0.2) is 13.6 Å². The Balaban J connectivity index is 1.32. The molecule has 1 fully saturated rings. The van der Waals surface area contributed by atoms with E-state index in [1.165, 1.54) is 29.5 Å². The number of anilines is 2. The van der Waals surface area contributed by atoms with Gasteiger partial charge in [0.2, 0.25) is 5.01 Å². The normalized spacial score (nSPS) is 14.3. The van der Waals surface area contributed by atoms with Crippen molar-refractivity contribution in [1.82, 2.24) is 15.1 Å². The second-order valence-electron chi connectivity index (χ2n) is 7.53. The largest absolute Gasteiger partial charge is 0.324 e. The predicted molar refractivity (Wildman–Crippen MR) is 118 cm³/mol. The van der Waals surface area contributed by atoms with Gasteiger partial charge in [-0.1, -0.05) is 29.5 Å². The van der Waals surface area contributed by atoms with Gasteiger partial charge in [0.15, 0.2) is 0 Å². The van der Waals surface area contributed by atoms with Crippen LogP contribution in [0, 0.1) is 18.6 Å². The number of aromatic nitrogens is 2. The highest BCUT2D eigenvalue weighted by atomic mass is 32.1. The SMILES string of the molecule is Cc1ccc(NC(=O)N2CCC(c3nnc(C(=O)Nc4ccccc4F)s3)CC2)cc1F. The molecule has 1 aliphatic rings. The van der Waals surface area contributed by atoms with Crippen molar-refractivity contribution in [2.45, 2.75) is 25.7 Å². The number of rotatable bonds is 4. The van der Waals surface area contributed by atoms with Crippen molar-refractivity contribution in [1.29, 1.82) is 0 Å². The lowest BCUT2D eigenvalue weighted by Gasteiger charge is -2.31. The molecule has 10 heteroatoms. The van der Waals surface area contributed by atoms with Gasteiger partial charge in [0.05, 0.1) is 5.69 Å². The third-order valence-corrected chi connectivity index (χ3v) is 6.40. The zero-order valence-electron chi connectivity index (χ0n) is 17.3. The Morgan fingerprint density at radius 1 is 1.03 bits per heavy atom. The molecule has 166 valence electrons. The molecule has 7 nitrogen and oxygen atoms in total. The van der Waals surface area contributed by atoms with E-state index in [1.807, 2.05) is 0 Å². The summed E-state index contributed by atoms with van der Waals surface area (Å²) in [6.07, 6.45) is 1.33. The van der Waals surface area contributed by atoms with Crippen LogP contribution >= 0.6 is 11.3 Å². The number of nitrogens with zero attached hydrogens (tertiary/aromatic N) is 3. The number of amides is 3. The van der Waals surface area contributed by atoms with E-state index >= 15 is 0 Å². The zero-order chi connectivity index (χ0) is 22.7. The Hall–Kier alpha value is -3.40. The molecular formula is C22H21F2N5O2S. The minimum atomic E-state index is -0.524. The van der Waals surface area contributed by atoms with Crippen LogP contribution < -0.4 is 10.6 Å². The number of nitrogens with one attached hydrogen (secondary N) is 2. The number of aryl methyl sites for hydroxylation is 1. The highest BCUT2D eigenvalue weighted by Gasteiger charge is 2.27. The van der Waals surface area contributed by atoms with E-state index in [0.717, 1.165) is 0 Å². The van der Waals surface area contributed by atoms with Gasteiger partial charge in [-0.3, -0.25) is 4.79 Å². The summed E-state index contributed by atoms with van der Waals surface area (Å²) in [5.74, 6) is -1.33. The molecule has 4 rings (SSSR count). The van der Waals surface area contributed by atoms with Crippen LogP contribution in [0.15, 0.2) is 42.5 Å². The number of hydrogen-bond donors (Lipinski definition) is 2. The Kier molecular flexibility index (Phi) is 6.40. The van der Waals surface area contributed by atoms with Crippen LogP contribution in [0.1, 0.15) is 39.1 Å². The molecule has 0 saturated carbocycles. The van der Waals surface area contributed by atoms with E-state index in [1.54, 1.807) is 36.1 Å². The van der Waals surface area contributed by atoms with E-state index in [4.69, 9.17) is 0 Å². The summed E-state index contributed by atoms with van der Waals surface area (Å²) in [4.78, 5) is 26.5. The predicted octanol–water partition coefficient (Wildman–Crippen LogP) is 4.79. The first-order valence-corrected chi connectivity index (χ1v) is 10.9. The van der Waals surface area contributed by atoms with Crippen molar-refractivity contribution in [3.63, 3.8) is 0 Å². The lowest BCUT2D eigenvalue weighted by atomic mass is 9.98. The van der Waals surface area contributed by atoms with Crippen LogP contribution in [0.4, 0.5) is 25.0 Å². The molecule has 3 aromatic rings. The highest BCUT2D eigenvalue weighted by Crippen LogP contribution is 2.31. The average molecular weight is 458 g/mol. The van der Waals surface area contributed by atoms with Crippen LogP contribution in [0.5, 0.6) is 0 Å². The molecule has 0 unspecified atom stereocenters. The maximum Gasteiger partial charge on any atom is 0.321 e. The van der Waals surface area contributed by atoms with Gasteiger partial charge in [0, 0.05) is 24.7 Å². The van der Waals surface area contributed by atoms with Gasteiger partial charge in [-0.15, -0.1) is 10.2 Å². The lowest BCUT2D eigenvalue weighted by molar-refractivity contribution is 0.102. The Morgan fingerprint density at radius 2 is 1.78 bits per heavy atom. The number of piperidine rings is 1. The molecular weight excluding hydrogens is 436 g/mol. The summed E-state index contributed by atoms with van der Waals surface area (Å²) in [5.41, 5.74) is 1.01. The molecule has 0 spiro atoms. The average Bonchev–Trinajstić information content (AvgIpc) is 3.28. The number of urea groups is 1. The van der Waals surface area contributed by atoms with Crippen molar-refractivity contribution in [3.8, 4) is 0 Å². The molecule has 2 heterocycles. The summed E-state index contributed by atoms with van der Waals surface area (Å²) in [7, 11) is 0. The van der Waals surface area contributed by atoms with Gasteiger partial charge in [0.1, 0.15) is 16.6 Å². The summed E-state index contributed by atoms with van der Waals surface area (Å²) < 4.78 is 27.4. The zero-order valence-corrected chi connectivity index (χ0v) is 18.1. The third-order valence-electron chi connectivity index (χ3n) is 5.31. The second kappa shape index (κ2) is 9.39. The van der Waals surface area contributed by atoms with Crippen molar-refractivity contribution in [3.05, 3.63) is 69.7 Å². The van der Waals surface area contributed by atoms with Crippen molar-refractivity contribution in [2.24, 2.45) is 0 Å². The van der Waals surface area contributed by atoms with Crippen LogP contribution in [0.3, 0.4) is 0 Å². The molecule has 2 aromatic carbocycles. The van der Waals surface area contributed by atoms with Crippen LogP contribution in [-0.4, -0.2) is 40.1 Å². The van der Waals surface area contributed by atoms with Gasteiger partial charge in [-0.05, 0) is 49.6 Å². The fraction of sp³-hybridized carbons (Fsp3) is 0.273. The van der Waals surface area contributed by atoms with Gasteiger partial charge in [-0.2, -0.15) is 0 Å². The Morgan fingerprint density at radius 3 is 2.50 bits per heavy atom. The maximum atomic E-state index is 13.7. The number of carbonyl (C=O) groups is 2. The topological polar surface area (TPSA) is 87.2 Å². The number of halogens is 2. The minimum absolute atomic E-state index is 0.0726. The van der Waals surface area contributed by atoms with Gasteiger partial charge in [0.25, 0.3) is 5.91 Å². The second-order valence-corrected chi connectivity index (χ2v) is 8.54. The van der Waals surface area contributed by atoms with Gasteiger partial charge >= 0.3 is 6.03 Å². The van der Waals surface area contributed by atoms with Crippen LogP contribution in [0.25, 0.3) is 0 Å². The first kappa shape index (κ1) is 21.8. The highest BCUT2D eigenvalue weighted by molar-refractivity contribution is 7.13. The van der Waals surface area contributed by atoms with Crippen molar-refractivity contribution < 1.29 is 18.4 Å². The van der Waals surface area contributed by atoms with Crippen LogP contribution in [-0.2, 0) is 0 Å². The van der Waals surface area contributed by atoms with Gasteiger partial charge < -0.3 is 15.5 Å². The molecule has 32 heavy (non-hydrogen) atoms. The maximum absolute atomic E-state index is 13.7. The smallest absolute Gasteiger partial charge is 0.321 e. The van der Waals surface area contributed by atoms with Crippen molar-refractivity contribution in [2.75, 3.05) is 23.7 Å². The fourth-order valence-corrected chi connectivity index (χ4v) is 4.34. The molecule has 1 aliphatic heterocycles. The van der Waals surface area contributed by atoms with Crippen molar-refractivity contribution >= 4 is 34.6 Å². The minimum Gasteiger partial charge on any atom is -0.324 e. The van der Waals surface area contributed by atoms with E-state index in [2.05, 4.69) is 20.8 Å². The molecule has 1 saturated heterocycles. The first-order chi connectivity index (χ1) is 15.4. The molecule has 1 aromatic heterocycles. The van der Waals surface area contributed by atoms with E-state index in [0.29, 0.717) is 42.2 Å². The number of carbonyl (C=O) groups excluding carboxylic acids is 2. The molecule has 2 N–H and O–H groups in total. The number of likely N-dealkylation sites (tertiary alicyclic amines) is 1. The van der Waals surface area contributed by atoms with Crippen LogP contribution in [0.2, 0.25) is 0 Å². The van der Waals surface area contributed by atoms with E-state index < -0.39 is 11.7 Å².